The van der Waals surface area contributed by atoms with Gasteiger partial charge in [-0.05, 0) is 33.9 Å². The highest BCUT2D eigenvalue weighted by atomic mass is 16.1. The molecule has 1 fully saturated rings. The first-order valence-electron chi connectivity index (χ1n) is 8.72. The van der Waals surface area contributed by atoms with E-state index in [1.807, 2.05) is 29.5 Å². The van der Waals surface area contributed by atoms with Gasteiger partial charge in [0.05, 0.1) is 18.4 Å². The van der Waals surface area contributed by atoms with Crippen LogP contribution in [0.15, 0.2) is 6.20 Å². The molecule has 0 aromatic carbocycles. The molecule has 0 atom stereocenters. The highest BCUT2D eigenvalue weighted by Gasteiger charge is 2.36. The second-order valence-corrected chi connectivity index (χ2v) is 7.16. The number of nitrogens with zero attached hydrogens (tertiary/aromatic N) is 5. The van der Waals surface area contributed by atoms with Gasteiger partial charge < -0.3 is 10.2 Å². The fourth-order valence-corrected chi connectivity index (χ4v) is 3.85. The molecule has 0 unspecified atom stereocenters. The molecule has 2 aromatic heterocycles. The number of carbonyl (C=O) groups is 1. The van der Waals surface area contributed by atoms with E-state index in [-0.39, 0.29) is 11.4 Å². The van der Waals surface area contributed by atoms with Crippen LogP contribution >= 0.6 is 0 Å². The van der Waals surface area contributed by atoms with Gasteiger partial charge in [-0.1, -0.05) is 12.8 Å². The first-order valence-corrected chi connectivity index (χ1v) is 8.72. The molecule has 0 aliphatic heterocycles. The van der Waals surface area contributed by atoms with E-state index in [0.29, 0.717) is 13.0 Å². The zero-order valence-corrected chi connectivity index (χ0v) is 15.2. The second kappa shape index (κ2) is 6.55. The number of amides is 1. The minimum atomic E-state index is 0.0910. The highest BCUT2D eigenvalue weighted by Crippen LogP contribution is 2.33. The smallest absolute Gasteiger partial charge is 0.221 e. The van der Waals surface area contributed by atoms with E-state index in [2.05, 4.69) is 34.5 Å². The van der Waals surface area contributed by atoms with Crippen molar-refractivity contribution in [2.75, 3.05) is 20.6 Å². The number of likely N-dealkylation sites (N-methyl/N-ethyl adjacent to an activating group) is 1. The molecule has 7 nitrogen and oxygen atoms in total. The zero-order chi connectivity index (χ0) is 17.3. The zero-order valence-electron chi connectivity index (χ0n) is 15.2. The predicted octanol–water partition coefficient (Wildman–Crippen LogP) is 1.46. The Morgan fingerprint density at radius 3 is 2.75 bits per heavy atom. The third-order valence-corrected chi connectivity index (χ3v) is 5.46. The molecule has 1 aliphatic carbocycles. The largest absolute Gasteiger partial charge is 0.354 e. The Hall–Kier alpha value is -1.89. The van der Waals surface area contributed by atoms with Crippen molar-refractivity contribution in [3.8, 4) is 0 Å². The minimum Gasteiger partial charge on any atom is -0.354 e. The quantitative estimate of drug-likeness (QED) is 0.869. The summed E-state index contributed by atoms with van der Waals surface area (Å²) in [7, 11) is 6.14. The van der Waals surface area contributed by atoms with E-state index >= 15 is 0 Å². The number of rotatable bonds is 6. The van der Waals surface area contributed by atoms with Gasteiger partial charge in [-0.25, -0.2) is 0 Å². The number of nitrogens with one attached hydrogen (secondary N) is 1. The third-order valence-electron chi connectivity index (χ3n) is 5.46. The third kappa shape index (κ3) is 3.05. The van der Waals surface area contributed by atoms with Crippen molar-refractivity contribution in [2.24, 2.45) is 7.05 Å². The van der Waals surface area contributed by atoms with E-state index < -0.39 is 0 Å². The summed E-state index contributed by atoms with van der Waals surface area (Å²) in [5, 5.41) is 11.9. The lowest BCUT2D eigenvalue weighted by Gasteiger charge is -2.36. The Labute approximate surface area is 143 Å². The summed E-state index contributed by atoms with van der Waals surface area (Å²) in [6.45, 7) is 3.29. The van der Waals surface area contributed by atoms with E-state index in [1.165, 1.54) is 12.8 Å². The number of fused-ring (bicyclic) bond motifs is 1. The maximum atomic E-state index is 12.3. The van der Waals surface area contributed by atoms with Gasteiger partial charge >= 0.3 is 0 Å². The van der Waals surface area contributed by atoms with Crippen molar-refractivity contribution in [3.05, 3.63) is 11.9 Å². The van der Waals surface area contributed by atoms with E-state index in [4.69, 9.17) is 0 Å². The summed E-state index contributed by atoms with van der Waals surface area (Å²) in [6.07, 6.45) is 7.07. The van der Waals surface area contributed by atoms with E-state index in [0.717, 1.165) is 36.1 Å². The van der Waals surface area contributed by atoms with Crippen molar-refractivity contribution in [1.82, 2.24) is 29.8 Å². The topological polar surface area (TPSA) is 68.0 Å². The van der Waals surface area contributed by atoms with E-state index in [1.54, 1.807) is 0 Å². The molecule has 0 spiro atoms. The predicted molar refractivity (Wildman–Crippen MR) is 93.7 cm³/mol. The molecular weight excluding hydrogens is 304 g/mol. The van der Waals surface area contributed by atoms with Crippen molar-refractivity contribution in [1.29, 1.82) is 0 Å². The molecule has 1 N–H and O–H groups in total. The van der Waals surface area contributed by atoms with Crippen molar-refractivity contribution < 1.29 is 4.79 Å². The van der Waals surface area contributed by atoms with Crippen LogP contribution in [0.2, 0.25) is 0 Å². The van der Waals surface area contributed by atoms with Crippen LogP contribution in [-0.4, -0.2) is 56.5 Å². The first kappa shape index (κ1) is 17.0. The molecule has 1 amide bonds. The first-order chi connectivity index (χ1) is 11.4. The van der Waals surface area contributed by atoms with Gasteiger partial charge in [0.15, 0.2) is 0 Å². The highest BCUT2D eigenvalue weighted by molar-refractivity contribution is 5.78. The molecule has 0 saturated heterocycles. The molecule has 2 heterocycles. The molecule has 2 aromatic rings. The monoisotopic (exact) mass is 332 g/mol. The molecule has 1 saturated carbocycles. The average molecular weight is 332 g/mol. The summed E-state index contributed by atoms with van der Waals surface area (Å²) >= 11 is 0. The van der Waals surface area contributed by atoms with Crippen molar-refractivity contribution in [2.45, 2.75) is 51.1 Å². The molecule has 0 radical (unpaired) electrons. The van der Waals surface area contributed by atoms with Crippen LogP contribution in [-0.2, 0) is 18.4 Å². The normalized spacial score (nSPS) is 17.0. The lowest BCUT2D eigenvalue weighted by Crippen LogP contribution is -2.50. The van der Waals surface area contributed by atoms with Crippen LogP contribution in [0.1, 0.15) is 37.8 Å². The number of carbonyl (C=O) groups excluding carboxylic acids is 1. The van der Waals surface area contributed by atoms with Gasteiger partial charge in [0, 0.05) is 25.6 Å². The SMILES string of the molecule is Cc1nn(C)c2cnn(CCC(=O)NCC3(N(C)C)CCCC3)c12. The summed E-state index contributed by atoms with van der Waals surface area (Å²) in [4.78, 5) is 14.6. The fraction of sp³-hybridized carbons (Fsp3) is 0.706. The van der Waals surface area contributed by atoms with Gasteiger partial charge in [0.1, 0.15) is 11.0 Å². The van der Waals surface area contributed by atoms with Gasteiger partial charge in [-0.2, -0.15) is 10.2 Å². The standard InChI is InChI=1S/C17H28N6O/c1-13-16-14(22(4)20-13)11-19-23(16)10-7-15(24)18-12-17(21(2)3)8-5-6-9-17/h11H,5-10,12H2,1-4H3,(H,18,24). The number of aromatic nitrogens is 4. The molecule has 3 rings (SSSR count). The summed E-state index contributed by atoms with van der Waals surface area (Å²) in [5.41, 5.74) is 3.10. The molecule has 7 heteroatoms. The Kier molecular flexibility index (Phi) is 4.62. The maximum absolute atomic E-state index is 12.3. The van der Waals surface area contributed by atoms with Crippen LogP contribution in [0.4, 0.5) is 0 Å². The fourth-order valence-electron chi connectivity index (χ4n) is 3.85. The van der Waals surface area contributed by atoms with Gasteiger partial charge in [-0.3, -0.25) is 14.2 Å². The number of hydrogen-bond acceptors (Lipinski definition) is 4. The summed E-state index contributed by atoms with van der Waals surface area (Å²) < 4.78 is 3.71. The number of aryl methyl sites for hydroxylation is 3. The summed E-state index contributed by atoms with van der Waals surface area (Å²) in [5.74, 6) is 0.0910. The molecule has 0 bridgehead atoms. The number of hydrogen-bond donors (Lipinski definition) is 1. The van der Waals surface area contributed by atoms with Crippen LogP contribution in [0, 0.1) is 6.92 Å². The Balaban J connectivity index is 1.57. The van der Waals surface area contributed by atoms with Crippen LogP contribution in [0.25, 0.3) is 11.0 Å². The molecule has 24 heavy (non-hydrogen) atoms. The maximum Gasteiger partial charge on any atom is 0.221 e. The Morgan fingerprint density at radius 1 is 1.38 bits per heavy atom. The summed E-state index contributed by atoms with van der Waals surface area (Å²) in [6, 6.07) is 0. The van der Waals surface area contributed by atoms with Crippen LogP contribution in [0.3, 0.4) is 0 Å². The lowest BCUT2D eigenvalue weighted by atomic mass is 9.96. The Bertz CT molecular complexity index is 723. The van der Waals surface area contributed by atoms with Gasteiger partial charge in [0.2, 0.25) is 5.91 Å². The lowest BCUT2D eigenvalue weighted by molar-refractivity contribution is -0.121. The Morgan fingerprint density at radius 2 is 2.08 bits per heavy atom. The minimum absolute atomic E-state index is 0.0910. The average Bonchev–Trinajstić information content (AvgIpc) is 3.23. The molecule has 132 valence electrons. The van der Waals surface area contributed by atoms with Crippen molar-refractivity contribution >= 4 is 16.9 Å². The van der Waals surface area contributed by atoms with E-state index in [9.17, 15) is 4.79 Å². The van der Waals surface area contributed by atoms with Gasteiger partial charge in [-0.15, -0.1) is 0 Å². The second-order valence-electron chi connectivity index (χ2n) is 7.16. The van der Waals surface area contributed by atoms with Crippen LogP contribution in [0.5, 0.6) is 0 Å². The van der Waals surface area contributed by atoms with Gasteiger partial charge in [0.25, 0.3) is 0 Å². The van der Waals surface area contributed by atoms with Crippen LogP contribution < -0.4 is 5.32 Å². The molecule has 1 aliphatic rings. The van der Waals surface area contributed by atoms with Crippen molar-refractivity contribution in [3.63, 3.8) is 0 Å². The molecular formula is C17H28N6O.